The third kappa shape index (κ3) is 4.41. The van der Waals surface area contributed by atoms with Crippen molar-refractivity contribution in [3.05, 3.63) is 70.8 Å². The molecule has 2 N–H and O–H groups in total. The van der Waals surface area contributed by atoms with Crippen LogP contribution in [-0.4, -0.2) is 28.8 Å². The molecule has 0 atom stereocenters. The predicted octanol–water partition coefficient (Wildman–Crippen LogP) is 8.96. The number of fused-ring (bicyclic) bond motifs is 2. The summed E-state index contributed by atoms with van der Waals surface area (Å²) < 4.78 is 0. The van der Waals surface area contributed by atoms with Gasteiger partial charge in [0, 0.05) is 29.0 Å². The molecule has 1 amide bonds. The zero-order valence-corrected chi connectivity index (χ0v) is 24.2. The van der Waals surface area contributed by atoms with Crippen molar-refractivity contribution in [2.24, 2.45) is 5.92 Å². The van der Waals surface area contributed by atoms with Crippen LogP contribution in [0.4, 0.5) is 0 Å². The van der Waals surface area contributed by atoms with Crippen LogP contribution in [0.25, 0.3) is 43.1 Å². The summed E-state index contributed by atoms with van der Waals surface area (Å²) in [4.78, 5) is 39.9. The lowest BCUT2D eigenvalue weighted by Crippen LogP contribution is -2.36. The van der Waals surface area contributed by atoms with Crippen molar-refractivity contribution < 1.29 is 19.5 Å². The molecule has 5 heteroatoms. The number of aryl methyl sites for hydroxylation is 1. The minimum Gasteiger partial charge on any atom is -0.478 e. The molecule has 5 aromatic rings. The Labute approximate surface area is 245 Å². The van der Waals surface area contributed by atoms with Gasteiger partial charge in [0.25, 0.3) is 5.91 Å². The molecule has 7 rings (SSSR count). The van der Waals surface area contributed by atoms with Crippen molar-refractivity contribution >= 4 is 60.7 Å². The summed E-state index contributed by atoms with van der Waals surface area (Å²) in [7, 11) is 0. The van der Waals surface area contributed by atoms with E-state index in [2.05, 4.69) is 17.4 Å². The fraction of sp³-hybridized carbons (Fsp3) is 0.378. The van der Waals surface area contributed by atoms with Gasteiger partial charge in [-0.25, -0.2) is 4.79 Å². The van der Waals surface area contributed by atoms with Crippen molar-refractivity contribution in [1.82, 2.24) is 5.32 Å². The maximum Gasteiger partial charge on any atom is 0.336 e. The number of ketones is 1. The number of amides is 1. The Bertz CT molecular complexity index is 1850. The topological polar surface area (TPSA) is 83.5 Å². The maximum atomic E-state index is 13.8. The predicted molar refractivity (Wildman–Crippen MR) is 169 cm³/mol. The zero-order valence-electron chi connectivity index (χ0n) is 24.2. The minimum absolute atomic E-state index is 0.0303. The second-order valence-electron chi connectivity index (χ2n) is 12.7. The fourth-order valence-electron chi connectivity index (χ4n) is 7.93. The van der Waals surface area contributed by atoms with Gasteiger partial charge in [0.05, 0.1) is 5.56 Å². The second-order valence-corrected chi connectivity index (χ2v) is 12.7. The highest BCUT2D eigenvalue weighted by Crippen LogP contribution is 2.44. The standard InChI is InChI=1S/C37H37NO4/c1-21-12-13-24-26-14-17-28(31(39)20-22-8-4-2-5-9-22)35-30(37(41)42)19-16-27(34(26)35)25-15-18-29(32(21)33(24)25)36(40)38-23-10-6-3-7-11-23/h12-19,22-23H,2-11,20H2,1H3,(H,38,40)(H,41,42). The Morgan fingerprint density at radius 2 is 1.17 bits per heavy atom. The van der Waals surface area contributed by atoms with Crippen LogP contribution in [0.5, 0.6) is 0 Å². The van der Waals surface area contributed by atoms with Gasteiger partial charge in [0.15, 0.2) is 5.78 Å². The Morgan fingerprint density at radius 1 is 0.643 bits per heavy atom. The SMILES string of the molecule is Cc1ccc2c3ccc(C(=O)CC4CCCCC4)c4c(C(=O)O)ccc(c5ccc(C(=O)NC6CCCCC6)c1c52)c43. The number of hydrogen-bond donors (Lipinski definition) is 2. The maximum absolute atomic E-state index is 13.8. The average molecular weight is 560 g/mol. The lowest BCUT2D eigenvalue weighted by atomic mass is 9.81. The van der Waals surface area contributed by atoms with E-state index in [0.717, 1.165) is 94.6 Å². The van der Waals surface area contributed by atoms with Crippen LogP contribution in [0.2, 0.25) is 0 Å². The molecule has 5 nitrogen and oxygen atoms in total. The smallest absolute Gasteiger partial charge is 0.336 e. The quantitative estimate of drug-likeness (QED) is 0.124. The molecule has 2 aliphatic rings. The van der Waals surface area contributed by atoms with Crippen LogP contribution in [0.15, 0.2) is 48.5 Å². The van der Waals surface area contributed by atoms with E-state index in [0.29, 0.717) is 28.9 Å². The van der Waals surface area contributed by atoms with Crippen LogP contribution in [0, 0.1) is 12.8 Å². The van der Waals surface area contributed by atoms with Gasteiger partial charge < -0.3 is 10.4 Å². The molecule has 0 saturated heterocycles. The molecule has 2 aliphatic carbocycles. The summed E-state index contributed by atoms with van der Waals surface area (Å²) in [6, 6.07) is 15.7. The summed E-state index contributed by atoms with van der Waals surface area (Å²) in [6.07, 6.45) is 11.7. The Balaban J connectivity index is 1.45. The largest absolute Gasteiger partial charge is 0.478 e. The number of Topliss-reactive ketones (excluding diaryl/α,β-unsaturated/α-hetero) is 1. The van der Waals surface area contributed by atoms with E-state index < -0.39 is 5.97 Å². The van der Waals surface area contributed by atoms with Crippen LogP contribution >= 0.6 is 0 Å². The Kier molecular flexibility index (Phi) is 6.84. The van der Waals surface area contributed by atoms with Gasteiger partial charge in [0.1, 0.15) is 0 Å². The first-order valence-electron chi connectivity index (χ1n) is 15.7. The second kappa shape index (κ2) is 10.7. The molecular weight excluding hydrogens is 522 g/mol. The molecule has 42 heavy (non-hydrogen) atoms. The van der Waals surface area contributed by atoms with Crippen LogP contribution in [0.1, 0.15) is 107 Å². The number of nitrogens with one attached hydrogen (secondary N) is 1. The molecule has 2 saturated carbocycles. The van der Waals surface area contributed by atoms with Crippen molar-refractivity contribution in [3.63, 3.8) is 0 Å². The number of aromatic carboxylic acids is 1. The normalized spacial score (nSPS) is 17.0. The first-order valence-corrected chi connectivity index (χ1v) is 15.7. The average Bonchev–Trinajstić information content (AvgIpc) is 3.00. The number of carboxylic acids is 1. The summed E-state index contributed by atoms with van der Waals surface area (Å²) in [5.74, 6) is -0.668. The Hall–Kier alpha value is -3.99. The van der Waals surface area contributed by atoms with Crippen LogP contribution in [-0.2, 0) is 0 Å². The number of benzene rings is 5. The molecule has 0 bridgehead atoms. The van der Waals surface area contributed by atoms with Crippen LogP contribution < -0.4 is 5.32 Å². The molecule has 0 radical (unpaired) electrons. The van der Waals surface area contributed by atoms with E-state index in [1.807, 2.05) is 37.3 Å². The molecule has 214 valence electrons. The van der Waals surface area contributed by atoms with E-state index in [9.17, 15) is 19.5 Å². The van der Waals surface area contributed by atoms with E-state index in [1.54, 1.807) is 6.07 Å². The third-order valence-electron chi connectivity index (χ3n) is 10.0. The lowest BCUT2D eigenvalue weighted by Gasteiger charge is -2.24. The van der Waals surface area contributed by atoms with Crippen LogP contribution in [0.3, 0.4) is 0 Å². The summed E-state index contributed by atoms with van der Waals surface area (Å²) >= 11 is 0. The van der Waals surface area contributed by atoms with E-state index in [4.69, 9.17) is 0 Å². The highest BCUT2D eigenvalue weighted by molar-refractivity contribution is 6.37. The van der Waals surface area contributed by atoms with Crippen molar-refractivity contribution in [1.29, 1.82) is 0 Å². The highest BCUT2D eigenvalue weighted by atomic mass is 16.4. The summed E-state index contributed by atoms with van der Waals surface area (Å²) in [5.41, 5.74) is 2.39. The highest BCUT2D eigenvalue weighted by Gasteiger charge is 2.26. The Morgan fingerprint density at radius 3 is 1.79 bits per heavy atom. The fourth-order valence-corrected chi connectivity index (χ4v) is 7.93. The molecule has 2 fully saturated rings. The van der Waals surface area contributed by atoms with Crippen molar-refractivity contribution in [3.8, 4) is 0 Å². The molecule has 0 unspecified atom stereocenters. The van der Waals surface area contributed by atoms with Crippen molar-refractivity contribution in [2.75, 3.05) is 0 Å². The lowest BCUT2D eigenvalue weighted by molar-refractivity contribution is 0.0698. The van der Waals surface area contributed by atoms with Gasteiger partial charge in [0.2, 0.25) is 0 Å². The van der Waals surface area contributed by atoms with E-state index >= 15 is 0 Å². The van der Waals surface area contributed by atoms with Gasteiger partial charge in [-0.05, 0) is 81.1 Å². The van der Waals surface area contributed by atoms with E-state index in [1.165, 1.54) is 12.8 Å². The first kappa shape index (κ1) is 26.9. The number of hydrogen-bond acceptors (Lipinski definition) is 3. The molecule has 0 aromatic heterocycles. The molecule has 5 aromatic carbocycles. The number of carboxylic acid groups (broad SMARTS) is 1. The van der Waals surface area contributed by atoms with Gasteiger partial charge >= 0.3 is 5.97 Å². The van der Waals surface area contributed by atoms with Gasteiger partial charge in [-0.2, -0.15) is 0 Å². The van der Waals surface area contributed by atoms with Gasteiger partial charge in [-0.3, -0.25) is 9.59 Å². The van der Waals surface area contributed by atoms with Crippen molar-refractivity contribution in [2.45, 2.75) is 83.6 Å². The third-order valence-corrected chi connectivity index (χ3v) is 10.0. The minimum atomic E-state index is -1.03. The van der Waals surface area contributed by atoms with Gasteiger partial charge in [-0.15, -0.1) is 0 Å². The summed E-state index contributed by atoms with van der Waals surface area (Å²) in [6.45, 7) is 2.05. The molecular formula is C37H37NO4. The number of rotatable bonds is 6. The zero-order chi connectivity index (χ0) is 29.0. The number of carbonyl (C=O) groups is 3. The first-order chi connectivity index (χ1) is 20.4. The van der Waals surface area contributed by atoms with E-state index in [-0.39, 0.29) is 23.3 Å². The summed E-state index contributed by atoms with van der Waals surface area (Å²) in [5, 5.41) is 20.6. The van der Waals surface area contributed by atoms with Gasteiger partial charge in [-0.1, -0.05) is 87.8 Å². The molecule has 0 aliphatic heterocycles. The molecule has 0 spiro atoms. The number of carbonyl (C=O) groups excluding carboxylic acids is 2. The molecule has 0 heterocycles. The monoisotopic (exact) mass is 559 g/mol.